The Morgan fingerprint density at radius 3 is 2.30 bits per heavy atom. The molecule has 0 nitrogen and oxygen atoms in total. The highest BCUT2D eigenvalue weighted by Crippen LogP contribution is 2.00. The van der Waals surface area contributed by atoms with Crippen molar-refractivity contribution < 1.29 is 0 Å². The molecule has 0 atom stereocenters. The molecule has 0 bridgehead atoms. The van der Waals surface area contributed by atoms with Gasteiger partial charge in [-0.3, -0.25) is 0 Å². The lowest BCUT2D eigenvalue weighted by molar-refractivity contribution is 0.663. The summed E-state index contributed by atoms with van der Waals surface area (Å²) in [5, 5.41) is 0. The molecule has 0 rings (SSSR count). The van der Waals surface area contributed by atoms with Gasteiger partial charge in [-0.05, 0) is 25.7 Å². The Balaban J connectivity index is 3.20. The Kier molecular flexibility index (Phi) is 6.25. The van der Waals surface area contributed by atoms with Crippen LogP contribution in [0, 0.1) is 5.92 Å². The first-order valence-corrected chi connectivity index (χ1v) is 4.03. The van der Waals surface area contributed by atoms with Crippen LogP contribution in [0.1, 0.15) is 33.6 Å². The first-order valence-electron chi connectivity index (χ1n) is 4.03. The Morgan fingerprint density at radius 2 is 1.80 bits per heavy atom. The topological polar surface area (TPSA) is 0 Å². The fraction of sp³-hybridized carbons (Fsp3) is 0.600. The van der Waals surface area contributed by atoms with Crippen molar-refractivity contribution in [2.24, 2.45) is 5.92 Å². The Bertz CT molecular complexity index is 107. The second-order valence-electron chi connectivity index (χ2n) is 2.91. The second-order valence-corrected chi connectivity index (χ2v) is 2.91. The van der Waals surface area contributed by atoms with E-state index in [1.807, 2.05) is 0 Å². The van der Waals surface area contributed by atoms with Crippen molar-refractivity contribution in [3.05, 3.63) is 24.3 Å². The lowest BCUT2D eigenvalue weighted by Gasteiger charge is -1.94. The van der Waals surface area contributed by atoms with E-state index in [1.54, 1.807) is 0 Å². The molecule has 0 N–H and O–H groups in total. The molecule has 0 aliphatic carbocycles. The predicted octanol–water partition coefficient (Wildman–Crippen LogP) is 3.55. The van der Waals surface area contributed by atoms with Gasteiger partial charge >= 0.3 is 0 Å². The summed E-state index contributed by atoms with van der Waals surface area (Å²) in [5.74, 6) is 0.793. The van der Waals surface area contributed by atoms with Crippen LogP contribution in [0.15, 0.2) is 24.3 Å². The summed E-state index contributed by atoms with van der Waals surface area (Å²) in [6.45, 7) is 6.52. The highest BCUT2D eigenvalue weighted by atomic mass is 13.9. The summed E-state index contributed by atoms with van der Waals surface area (Å²) in [5.41, 5.74) is 0. The zero-order chi connectivity index (χ0) is 7.82. The minimum Gasteiger partial charge on any atom is -0.0914 e. The molecule has 0 saturated carbocycles. The van der Waals surface area contributed by atoms with Gasteiger partial charge in [0, 0.05) is 0 Å². The Hall–Kier alpha value is -0.520. The third kappa shape index (κ3) is 7.48. The highest BCUT2D eigenvalue weighted by Gasteiger charge is 1.85. The van der Waals surface area contributed by atoms with E-state index in [1.165, 1.54) is 6.42 Å². The van der Waals surface area contributed by atoms with Gasteiger partial charge in [-0.2, -0.15) is 0 Å². The van der Waals surface area contributed by atoms with E-state index in [4.69, 9.17) is 0 Å². The van der Waals surface area contributed by atoms with E-state index in [-0.39, 0.29) is 0 Å². The first kappa shape index (κ1) is 9.48. The fourth-order valence-electron chi connectivity index (χ4n) is 0.679. The molecule has 10 heavy (non-hydrogen) atoms. The lowest BCUT2D eigenvalue weighted by atomic mass is 10.1. The van der Waals surface area contributed by atoms with Crippen LogP contribution in [-0.4, -0.2) is 0 Å². The van der Waals surface area contributed by atoms with E-state index in [0.717, 1.165) is 12.3 Å². The van der Waals surface area contributed by atoms with Crippen molar-refractivity contribution >= 4 is 0 Å². The Morgan fingerprint density at radius 1 is 1.10 bits per heavy atom. The van der Waals surface area contributed by atoms with Crippen molar-refractivity contribution in [1.29, 1.82) is 0 Å². The first-order chi connectivity index (χ1) is 4.77. The zero-order valence-corrected chi connectivity index (χ0v) is 7.30. The summed E-state index contributed by atoms with van der Waals surface area (Å²) in [4.78, 5) is 0. The van der Waals surface area contributed by atoms with Crippen LogP contribution in [0.3, 0.4) is 0 Å². The summed E-state index contributed by atoms with van der Waals surface area (Å²) in [7, 11) is 0. The number of hydrogen-bond acceptors (Lipinski definition) is 0. The van der Waals surface area contributed by atoms with Crippen molar-refractivity contribution in [1.82, 2.24) is 0 Å². The van der Waals surface area contributed by atoms with Crippen LogP contribution in [-0.2, 0) is 0 Å². The minimum atomic E-state index is 0.793. The SMILES string of the molecule is CC=CC/C=C\CC(C)C. The van der Waals surface area contributed by atoms with Gasteiger partial charge in [0.2, 0.25) is 0 Å². The summed E-state index contributed by atoms with van der Waals surface area (Å²) >= 11 is 0. The molecule has 58 valence electrons. The van der Waals surface area contributed by atoms with Crippen molar-refractivity contribution in [3.63, 3.8) is 0 Å². The molecule has 0 spiro atoms. The monoisotopic (exact) mass is 138 g/mol. The standard InChI is InChI=1S/C10H18/c1-4-5-6-7-8-9-10(2)3/h4-5,7-8,10H,6,9H2,1-3H3/b5-4?,8-7-. The molecule has 0 amide bonds. The van der Waals surface area contributed by atoms with Crippen LogP contribution in [0.2, 0.25) is 0 Å². The lowest BCUT2D eigenvalue weighted by Crippen LogP contribution is -1.80. The maximum atomic E-state index is 2.25. The summed E-state index contributed by atoms with van der Waals surface area (Å²) in [6.07, 6.45) is 11.0. The van der Waals surface area contributed by atoms with Gasteiger partial charge in [0.05, 0.1) is 0 Å². The van der Waals surface area contributed by atoms with E-state index in [2.05, 4.69) is 45.1 Å². The quantitative estimate of drug-likeness (QED) is 0.521. The van der Waals surface area contributed by atoms with Gasteiger partial charge in [-0.25, -0.2) is 0 Å². The molecular weight excluding hydrogens is 120 g/mol. The number of allylic oxidation sites excluding steroid dienone is 4. The molecule has 0 heterocycles. The Labute approximate surface area is 64.6 Å². The molecule has 0 aromatic carbocycles. The molecule has 0 unspecified atom stereocenters. The maximum Gasteiger partial charge on any atom is -0.0169 e. The van der Waals surface area contributed by atoms with Gasteiger partial charge in [-0.1, -0.05) is 38.2 Å². The van der Waals surface area contributed by atoms with Gasteiger partial charge in [0.25, 0.3) is 0 Å². The highest BCUT2D eigenvalue weighted by molar-refractivity contribution is 4.91. The van der Waals surface area contributed by atoms with Crippen LogP contribution in [0.5, 0.6) is 0 Å². The van der Waals surface area contributed by atoms with Crippen LogP contribution >= 0.6 is 0 Å². The number of rotatable bonds is 4. The van der Waals surface area contributed by atoms with Gasteiger partial charge in [0.1, 0.15) is 0 Å². The van der Waals surface area contributed by atoms with Crippen LogP contribution in [0.4, 0.5) is 0 Å². The van der Waals surface area contributed by atoms with E-state index < -0.39 is 0 Å². The largest absolute Gasteiger partial charge is 0.0914 e. The molecular formula is C10H18. The van der Waals surface area contributed by atoms with Crippen LogP contribution < -0.4 is 0 Å². The van der Waals surface area contributed by atoms with Crippen molar-refractivity contribution in [2.45, 2.75) is 33.6 Å². The third-order valence-electron chi connectivity index (χ3n) is 1.28. The van der Waals surface area contributed by atoms with Crippen LogP contribution in [0.25, 0.3) is 0 Å². The second kappa shape index (κ2) is 6.60. The number of hydrogen-bond donors (Lipinski definition) is 0. The minimum absolute atomic E-state index is 0.793. The fourth-order valence-corrected chi connectivity index (χ4v) is 0.679. The molecule has 0 aliphatic heterocycles. The normalized spacial score (nSPS) is 12.4. The molecule has 0 aromatic rings. The molecule has 0 fully saturated rings. The molecule has 0 aliphatic rings. The van der Waals surface area contributed by atoms with Crippen molar-refractivity contribution in [2.75, 3.05) is 0 Å². The zero-order valence-electron chi connectivity index (χ0n) is 7.30. The summed E-state index contributed by atoms with van der Waals surface area (Å²) < 4.78 is 0. The third-order valence-corrected chi connectivity index (χ3v) is 1.28. The average Bonchev–Trinajstić information content (AvgIpc) is 1.87. The van der Waals surface area contributed by atoms with Gasteiger partial charge in [0.15, 0.2) is 0 Å². The van der Waals surface area contributed by atoms with Gasteiger partial charge in [-0.15, -0.1) is 0 Å². The molecule has 0 radical (unpaired) electrons. The smallest absolute Gasteiger partial charge is 0.0169 e. The molecule has 0 heteroatoms. The van der Waals surface area contributed by atoms with E-state index >= 15 is 0 Å². The van der Waals surface area contributed by atoms with Gasteiger partial charge < -0.3 is 0 Å². The maximum absolute atomic E-state index is 2.25. The average molecular weight is 138 g/mol. The van der Waals surface area contributed by atoms with E-state index in [9.17, 15) is 0 Å². The van der Waals surface area contributed by atoms with Crippen molar-refractivity contribution in [3.8, 4) is 0 Å². The van der Waals surface area contributed by atoms with E-state index in [0.29, 0.717) is 0 Å². The summed E-state index contributed by atoms with van der Waals surface area (Å²) in [6, 6.07) is 0. The predicted molar refractivity (Wildman–Crippen MR) is 48.0 cm³/mol. The molecule has 0 aromatic heterocycles. The molecule has 0 saturated heterocycles.